The number of amides is 1. The first kappa shape index (κ1) is 15.6. The van der Waals surface area contributed by atoms with Crippen LogP contribution in [0.2, 0.25) is 10.0 Å². The monoisotopic (exact) mass is 316 g/mol. The van der Waals surface area contributed by atoms with Crippen LogP contribution in [-0.2, 0) is 4.79 Å². The van der Waals surface area contributed by atoms with Crippen molar-refractivity contribution < 1.29 is 9.90 Å². The predicted octanol–water partition coefficient (Wildman–Crippen LogP) is 2.19. The van der Waals surface area contributed by atoms with Gasteiger partial charge in [-0.3, -0.25) is 9.69 Å². The molecule has 0 aromatic heterocycles. The number of rotatable bonds is 5. The Kier molecular flexibility index (Phi) is 5.66. The van der Waals surface area contributed by atoms with Crippen LogP contribution >= 0.6 is 23.2 Å². The minimum absolute atomic E-state index is 0.496. The smallest absolute Gasteiger partial charge is 0.209 e. The fourth-order valence-electron chi connectivity index (χ4n) is 2.32. The number of benzene rings is 1. The maximum absolute atomic E-state index is 10.6. The lowest BCUT2D eigenvalue weighted by Gasteiger charge is -2.32. The molecule has 1 saturated heterocycles. The Morgan fingerprint density at radius 1 is 1.25 bits per heavy atom. The molecule has 1 aromatic rings. The first-order chi connectivity index (χ1) is 9.60. The molecule has 2 rings (SSSR count). The number of aliphatic hydroxyl groups is 1. The molecule has 110 valence electrons. The van der Waals surface area contributed by atoms with E-state index in [1.807, 2.05) is 0 Å². The number of hydrogen-bond donors (Lipinski definition) is 1. The Morgan fingerprint density at radius 3 is 2.55 bits per heavy atom. The molecule has 1 fully saturated rings. The fraction of sp³-hybridized carbons (Fsp3) is 0.500. The molecule has 0 radical (unpaired) electrons. The molecule has 1 unspecified atom stereocenters. The van der Waals surface area contributed by atoms with Crippen LogP contribution in [0.1, 0.15) is 18.1 Å². The molecule has 4 nitrogen and oxygen atoms in total. The third-order valence-corrected chi connectivity index (χ3v) is 4.16. The third kappa shape index (κ3) is 4.09. The van der Waals surface area contributed by atoms with Gasteiger partial charge in [0, 0.05) is 42.8 Å². The highest BCUT2D eigenvalue weighted by atomic mass is 35.5. The summed E-state index contributed by atoms with van der Waals surface area (Å²) < 4.78 is 0. The van der Waals surface area contributed by atoms with Crippen molar-refractivity contribution in [1.82, 2.24) is 9.80 Å². The van der Waals surface area contributed by atoms with E-state index in [9.17, 15) is 9.90 Å². The largest absolute Gasteiger partial charge is 0.388 e. The number of halogens is 2. The summed E-state index contributed by atoms with van der Waals surface area (Å²) in [6.45, 7) is 3.98. The quantitative estimate of drug-likeness (QED) is 0.847. The first-order valence-corrected chi connectivity index (χ1v) is 7.40. The lowest BCUT2D eigenvalue weighted by molar-refractivity contribution is -0.119. The molecule has 1 N–H and O–H groups in total. The van der Waals surface area contributed by atoms with E-state index >= 15 is 0 Å². The van der Waals surface area contributed by atoms with Gasteiger partial charge >= 0.3 is 0 Å². The van der Waals surface area contributed by atoms with Crippen molar-refractivity contribution >= 4 is 29.6 Å². The summed E-state index contributed by atoms with van der Waals surface area (Å²) in [7, 11) is 0. The second kappa shape index (κ2) is 7.27. The summed E-state index contributed by atoms with van der Waals surface area (Å²) >= 11 is 11.9. The molecule has 1 heterocycles. The van der Waals surface area contributed by atoms with Crippen molar-refractivity contribution in [2.45, 2.75) is 12.5 Å². The van der Waals surface area contributed by atoms with Crippen LogP contribution in [-0.4, -0.2) is 54.0 Å². The van der Waals surface area contributed by atoms with E-state index in [-0.39, 0.29) is 0 Å². The molecule has 6 heteroatoms. The van der Waals surface area contributed by atoms with E-state index in [0.717, 1.165) is 39.1 Å². The first-order valence-electron chi connectivity index (χ1n) is 6.65. The van der Waals surface area contributed by atoms with Gasteiger partial charge in [0.2, 0.25) is 6.41 Å². The summed E-state index contributed by atoms with van der Waals surface area (Å²) in [5.41, 5.74) is 0.711. The third-order valence-electron chi connectivity index (χ3n) is 3.60. The van der Waals surface area contributed by atoms with Gasteiger partial charge in [0.1, 0.15) is 0 Å². The average Bonchev–Trinajstić information content (AvgIpc) is 2.45. The Hall–Kier alpha value is -0.810. The maximum atomic E-state index is 10.6. The standard InChI is InChI=1S/C14H18Cl2N2O2/c15-11-1-2-12(13(16)9-11)14(20)3-4-17-5-7-18(10-19)8-6-17/h1-2,9-10,14,20H,3-8H2. The van der Waals surface area contributed by atoms with Crippen LogP contribution in [0, 0.1) is 0 Å². The van der Waals surface area contributed by atoms with Gasteiger partial charge in [-0.1, -0.05) is 29.3 Å². The zero-order valence-corrected chi connectivity index (χ0v) is 12.6. The Balaban J connectivity index is 1.83. The summed E-state index contributed by atoms with van der Waals surface area (Å²) in [6, 6.07) is 5.14. The second-order valence-corrected chi connectivity index (χ2v) is 5.80. The van der Waals surface area contributed by atoms with Crippen LogP contribution in [0.5, 0.6) is 0 Å². The minimum atomic E-state index is -0.594. The molecule has 1 aromatic carbocycles. The molecule has 0 saturated carbocycles. The molecular formula is C14H18Cl2N2O2. The van der Waals surface area contributed by atoms with E-state index < -0.39 is 6.10 Å². The second-order valence-electron chi connectivity index (χ2n) is 4.95. The Bertz CT molecular complexity index is 462. The van der Waals surface area contributed by atoms with E-state index in [1.165, 1.54) is 0 Å². The highest BCUT2D eigenvalue weighted by Crippen LogP contribution is 2.28. The molecule has 0 spiro atoms. The number of carbonyl (C=O) groups excluding carboxylic acids is 1. The van der Waals surface area contributed by atoms with Crippen LogP contribution < -0.4 is 0 Å². The van der Waals surface area contributed by atoms with E-state index in [2.05, 4.69) is 4.90 Å². The van der Waals surface area contributed by atoms with Crippen molar-refractivity contribution in [2.24, 2.45) is 0 Å². The molecule has 1 atom stereocenters. The van der Waals surface area contributed by atoms with Gasteiger partial charge in [-0.15, -0.1) is 0 Å². The summed E-state index contributed by atoms with van der Waals surface area (Å²) in [5.74, 6) is 0. The summed E-state index contributed by atoms with van der Waals surface area (Å²) in [4.78, 5) is 14.6. The van der Waals surface area contributed by atoms with Gasteiger partial charge in [-0.05, 0) is 24.1 Å². The van der Waals surface area contributed by atoms with Crippen LogP contribution in [0.3, 0.4) is 0 Å². The number of nitrogens with zero attached hydrogens (tertiary/aromatic N) is 2. The number of aliphatic hydroxyl groups excluding tert-OH is 1. The zero-order valence-electron chi connectivity index (χ0n) is 11.1. The Morgan fingerprint density at radius 2 is 1.95 bits per heavy atom. The number of piperazine rings is 1. The summed E-state index contributed by atoms with van der Waals surface area (Å²) in [5, 5.41) is 11.3. The zero-order chi connectivity index (χ0) is 14.5. The van der Waals surface area contributed by atoms with Crippen molar-refractivity contribution in [3.05, 3.63) is 33.8 Å². The SMILES string of the molecule is O=CN1CCN(CCC(O)c2ccc(Cl)cc2Cl)CC1. The van der Waals surface area contributed by atoms with E-state index in [4.69, 9.17) is 23.2 Å². The maximum Gasteiger partial charge on any atom is 0.209 e. The lowest BCUT2D eigenvalue weighted by atomic mass is 10.1. The Labute approximate surface area is 128 Å². The van der Waals surface area contributed by atoms with Crippen molar-refractivity contribution in [2.75, 3.05) is 32.7 Å². The van der Waals surface area contributed by atoms with Gasteiger partial charge in [0.05, 0.1) is 6.10 Å². The molecule has 0 aliphatic carbocycles. The van der Waals surface area contributed by atoms with Gasteiger partial charge < -0.3 is 10.0 Å². The minimum Gasteiger partial charge on any atom is -0.388 e. The van der Waals surface area contributed by atoms with Crippen LogP contribution in [0.15, 0.2) is 18.2 Å². The van der Waals surface area contributed by atoms with Gasteiger partial charge in [-0.2, -0.15) is 0 Å². The summed E-state index contributed by atoms with van der Waals surface area (Å²) in [6.07, 6.45) is 0.908. The van der Waals surface area contributed by atoms with Gasteiger partial charge in [0.25, 0.3) is 0 Å². The topological polar surface area (TPSA) is 43.8 Å². The molecule has 1 amide bonds. The normalized spacial score (nSPS) is 18.1. The van der Waals surface area contributed by atoms with Crippen molar-refractivity contribution in [3.8, 4) is 0 Å². The van der Waals surface area contributed by atoms with Crippen molar-refractivity contribution in [3.63, 3.8) is 0 Å². The molecule has 1 aliphatic rings. The predicted molar refractivity (Wildman–Crippen MR) is 80.1 cm³/mol. The van der Waals surface area contributed by atoms with Gasteiger partial charge in [0.15, 0.2) is 0 Å². The molecule has 1 aliphatic heterocycles. The van der Waals surface area contributed by atoms with Crippen LogP contribution in [0.25, 0.3) is 0 Å². The molecular weight excluding hydrogens is 299 g/mol. The highest BCUT2D eigenvalue weighted by molar-refractivity contribution is 6.35. The lowest BCUT2D eigenvalue weighted by Crippen LogP contribution is -2.46. The number of hydrogen-bond acceptors (Lipinski definition) is 3. The van der Waals surface area contributed by atoms with Gasteiger partial charge in [-0.25, -0.2) is 0 Å². The highest BCUT2D eigenvalue weighted by Gasteiger charge is 2.18. The average molecular weight is 317 g/mol. The molecule has 20 heavy (non-hydrogen) atoms. The van der Waals surface area contributed by atoms with E-state index in [1.54, 1.807) is 23.1 Å². The van der Waals surface area contributed by atoms with Crippen molar-refractivity contribution in [1.29, 1.82) is 0 Å². The van der Waals surface area contributed by atoms with E-state index in [0.29, 0.717) is 22.0 Å². The van der Waals surface area contributed by atoms with Crippen LogP contribution in [0.4, 0.5) is 0 Å². The molecule has 0 bridgehead atoms. The number of carbonyl (C=O) groups is 1. The fourth-order valence-corrected chi connectivity index (χ4v) is 2.86.